The van der Waals surface area contributed by atoms with Crippen LogP contribution in [-0.2, 0) is 0 Å². The Kier molecular flexibility index (Phi) is 7.20. The molecule has 0 saturated carbocycles. The van der Waals surface area contributed by atoms with Crippen molar-refractivity contribution in [1.82, 2.24) is 10.2 Å². The highest BCUT2D eigenvalue weighted by atomic mass is 15.2. The van der Waals surface area contributed by atoms with Gasteiger partial charge in [-0.2, -0.15) is 0 Å². The number of hydrogen-bond donors (Lipinski definition) is 1. The summed E-state index contributed by atoms with van der Waals surface area (Å²) in [5.41, 5.74) is 0. The minimum atomic E-state index is 0.628. The largest absolute Gasteiger partial charge is 0.314 e. The lowest BCUT2D eigenvalue weighted by atomic mass is 10.1. The molecule has 0 aromatic carbocycles. The zero-order chi connectivity index (χ0) is 11.1. The van der Waals surface area contributed by atoms with E-state index in [2.05, 4.69) is 51.8 Å². The first kappa shape index (κ1) is 13.9. The molecule has 1 N–H and O–H groups in total. The molecule has 0 heterocycles. The summed E-state index contributed by atoms with van der Waals surface area (Å²) in [5, 5.41) is 3.47. The van der Waals surface area contributed by atoms with E-state index in [1.54, 1.807) is 0 Å². The van der Waals surface area contributed by atoms with Crippen LogP contribution < -0.4 is 5.32 Å². The standard InChI is InChI=1S/C12H28N2/c1-7-13-11(5)9-12(6)14(8-2)10(3)4/h10-13H,7-9H2,1-6H3. The molecule has 2 unspecified atom stereocenters. The van der Waals surface area contributed by atoms with E-state index in [-0.39, 0.29) is 0 Å². The van der Waals surface area contributed by atoms with Crippen molar-refractivity contribution in [2.24, 2.45) is 0 Å². The Balaban J connectivity index is 3.96. The van der Waals surface area contributed by atoms with Crippen molar-refractivity contribution in [3.8, 4) is 0 Å². The van der Waals surface area contributed by atoms with Crippen LogP contribution in [0.3, 0.4) is 0 Å². The minimum absolute atomic E-state index is 0.628. The van der Waals surface area contributed by atoms with Gasteiger partial charge in [0.25, 0.3) is 0 Å². The van der Waals surface area contributed by atoms with Gasteiger partial charge in [-0.15, -0.1) is 0 Å². The lowest BCUT2D eigenvalue weighted by Gasteiger charge is -2.33. The van der Waals surface area contributed by atoms with Crippen LogP contribution in [0.4, 0.5) is 0 Å². The van der Waals surface area contributed by atoms with Gasteiger partial charge >= 0.3 is 0 Å². The lowest BCUT2D eigenvalue weighted by molar-refractivity contribution is 0.157. The average Bonchev–Trinajstić information content (AvgIpc) is 2.04. The van der Waals surface area contributed by atoms with E-state index in [1.165, 1.54) is 6.42 Å². The fourth-order valence-corrected chi connectivity index (χ4v) is 2.26. The molecule has 0 rings (SSSR count). The quantitative estimate of drug-likeness (QED) is 0.679. The van der Waals surface area contributed by atoms with Crippen molar-refractivity contribution >= 4 is 0 Å². The number of hydrogen-bond acceptors (Lipinski definition) is 2. The van der Waals surface area contributed by atoms with Gasteiger partial charge in [0.1, 0.15) is 0 Å². The molecule has 86 valence electrons. The first-order chi connectivity index (χ1) is 6.52. The van der Waals surface area contributed by atoms with Gasteiger partial charge in [0.05, 0.1) is 0 Å². The molecule has 0 bridgehead atoms. The van der Waals surface area contributed by atoms with E-state index in [0.717, 1.165) is 13.1 Å². The average molecular weight is 200 g/mol. The van der Waals surface area contributed by atoms with Crippen LogP contribution in [0, 0.1) is 0 Å². The van der Waals surface area contributed by atoms with E-state index < -0.39 is 0 Å². The molecule has 0 spiro atoms. The van der Waals surface area contributed by atoms with Crippen molar-refractivity contribution in [2.75, 3.05) is 13.1 Å². The summed E-state index contributed by atoms with van der Waals surface area (Å²) in [7, 11) is 0. The topological polar surface area (TPSA) is 15.3 Å². The molecular weight excluding hydrogens is 172 g/mol. The monoisotopic (exact) mass is 200 g/mol. The van der Waals surface area contributed by atoms with E-state index in [1.807, 2.05) is 0 Å². The molecule has 0 aromatic rings. The molecule has 2 atom stereocenters. The normalized spacial score (nSPS) is 16.3. The number of rotatable bonds is 7. The Morgan fingerprint density at radius 3 is 2.00 bits per heavy atom. The van der Waals surface area contributed by atoms with E-state index >= 15 is 0 Å². The van der Waals surface area contributed by atoms with Crippen LogP contribution in [0.2, 0.25) is 0 Å². The van der Waals surface area contributed by atoms with E-state index in [9.17, 15) is 0 Å². The first-order valence-electron chi connectivity index (χ1n) is 6.01. The summed E-state index contributed by atoms with van der Waals surface area (Å²) in [5.74, 6) is 0. The Morgan fingerprint density at radius 2 is 1.64 bits per heavy atom. The maximum Gasteiger partial charge on any atom is 0.00842 e. The maximum atomic E-state index is 3.47. The van der Waals surface area contributed by atoms with Crippen LogP contribution in [-0.4, -0.2) is 36.1 Å². The molecule has 0 saturated heterocycles. The summed E-state index contributed by atoms with van der Waals surface area (Å²) in [6, 6.07) is 1.96. The smallest absolute Gasteiger partial charge is 0.00842 e. The molecule has 0 amide bonds. The lowest BCUT2D eigenvalue weighted by Crippen LogP contribution is -2.42. The van der Waals surface area contributed by atoms with Crippen LogP contribution in [0.1, 0.15) is 48.0 Å². The second-order valence-electron chi connectivity index (χ2n) is 4.47. The summed E-state index contributed by atoms with van der Waals surface area (Å²) >= 11 is 0. The summed E-state index contributed by atoms with van der Waals surface area (Å²) in [4.78, 5) is 2.55. The van der Waals surface area contributed by atoms with E-state index in [0.29, 0.717) is 18.1 Å². The van der Waals surface area contributed by atoms with E-state index in [4.69, 9.17) is 0 Å². The molecule has 2 heteroatoms. The zero-order valence-electron chi connectivity index (χ0n) is 10.8. The Hall–Kier alpha value is -0.0800. The minimum Gasteiger partial charge on any atom is -0.314 e. The van der Waals surface area contributed by atoms with Crippen LogP contribution in [0.15, 0.2) is 0 Å². The molecule has 0 aromatic heterocycles. The number of nitrogens with one attached hydrogen (secondary N) is 1. The molecule has 0 aliphatic carbocycles. The Bertz CT molecular complexity index is 134. The predicted octanol–water partition coefficient (Wildman–Crippen LogP) is 2.49. The molecule has 14 heavy (non-hydrogen) atoms. The SMILES string of the molecule is CCNC(C)CC(C)N(CC)C(C)C. The van der Waals surface area contributed by atoms with Crippen LogP contribution in [0.5, 0.6) is 0 Å². The van der Waals surface area contributed by atoms with Gasteiger partial charge in [-0.3, -0.25) is 4.90 Å². The third-order valence-electron chi connectivity index (χ3n) is 2.84. The second kappa shape index (κ2) is 7.24. The molecule has 0 aliphatic rings. The fraction of sp³-hybridized carbons (Fsp3) is 1.00. The highest BCUT2D eigenvalue weighted by Gasteiger charge is 2.16. The van der Waals surface area contributed by atoms with Gasteiger partial charge in [-0.05, 0) is 47.2 Å². The number of nitrogens with zero attached hydrogens (tertiary/aromatic N) is 1. The Labute approximate surface area is 90.1 Å². The maximum absolute atomic E-state index is 3.47. The first-order valence-corrected chi connectivity index (χ1v) is 6.01. The summed E-state index contributed by atoms with van der Waals surface area (Å²) in [6.45, 7) is 15.8. The van der Waals surface area contributed by atoms with Gasteiger partial charge in [0.15, 0.2) is 0 Å². The van der Waals surface area contributed by atoms with Gasteiger partial charge in [-0.1, -0.05) is 13.8 Å². The van der Waals surface area contributed by atoms with Crippen molar-refractivity contribution in [3.05, 3.63) is 0 Å². The molecular formula is C12H28N2. The molecule has 0 fully saturated rings. The van der Waals surface area contributed by atoms with Crippen molar-refractivity contribution < 1.29 is 0 Å². The highest BCUT2D eigenvalue weighted by molar-refractivity contribution is 4.74. The second-order valence-corrected chi connectivity index (χ2v) is 4.47. The van der Waals surface area contributed by atoms with Crippen LogP contribution in [0.25, 0.3) is 0 Å². The summed E-state index contributed by atoms with van der Waals surface area (Å²) < 4.78 is 0. The van der Waals surface area contributed by atoms with Gasteiger partial charge in [-0.25, -0.2) is 0 Å². The van der Waals surface area contributed by atoms with Gasteiger partial charge in [0, 0.05) is 18.1 Å². The van der Waals surface area contributed by atoms with Crippen LogP contribution >= 0.6 is 0 Å². The summed E-state index contributed by atoms with van der Waals surface area (Å²) in [6.07, 6.45) is 1.24. The van der Waals surface area contributed by atoms with Crippen molar-refractivity contribution in [1.29, 1.82) is 0 Å². The third kappa shape index (κ3) is 4.97. The van der Waals surface area contributed by atoms with Crippen molar-refractivity contribution in [3.63, 3.8) is 0 Å². The van der Waals surface area contributed by atoms with Gasteiger partial charge < -0.3 is 5.32 Å². The van der Waals surface area contributed by atoms with Gasteiger partial charge in [0.2, 0.25) is 0 Å². The molecule has 2 nitrogen and oxygen atoms in total. The molecule has 0 radical (unpaired) electrons. The third-order valence-corrected chi connectivity index (χ3v) is 2.84. The zero-order valence-corrected chi connectivity index (χ0v) is 10.8. The van der Waals surface area contributed by atoms with Crippen molar-refractivity contribution in [2.45, 2.75) is 66.1 Å². The Morgan fingerprint density at radius 1 is 1.07 bits per heavy atom. The predicted molar refractivity (Wildman–Crippen MR) is 64.7 cm³/mol. The molecule has 0 aliphatic heterocycles. The highest BCUT2D eigenvalue weighted by Crippen LogP contribution is 2.10. The fourth-order valence-electron chi connectivity index (χ4n) is 2.26.